The van der Waals surface area contributed by atoms with Crippen LogP contribution in [-0.4, -0.2) is 47.2 Å². The van der Waals surface area contributed by atoms with Gasteiger partial charge in [0.1, 0.15) is 0 Å². The van der Waals surface area contributed by atoms with E-state index in [1.807, 2.05) is 4.90 Å². The monoisotopic (exact) mass is 282 g/mol. The van der Waals surface area contributed by atoms with Crippen LogP contribution in [-0.2, 0) is 0 Å². The number of aryl methyl sites for hydroxylation is 1. The van der Waals surface area contributed by atoms with E-state index in [0.717, 1.165) is 13.1 Å². The highest BCUT2D eigenvalue weighted by Crippen LogP contribution is 2.18. The van der Waals surface area contributed by atoms with Gasteiger partial charge in [0.05, 0.1) is 0 Å². The van der Waals surface area contributed by atoms with Crippen molar-refractivity contribution in [2.45, 2.75) is 6.92 Å². The third kappa shape index (κ3) is 3.02. The summed E-state index contributed by atoms with van der Waals surface area (Å²) in [7, 11) is 0. The second-order valence-electron chi connectivity index (χ2n) is 5.23. The van der Waals surface area contributed by atoms with Crippen LogP contribution >= 0.6 is 0 Å². The van der Waals surface area contributed by atoms with Crippen molar-refractivity contribution < 1.29 is 4.79 Å². The molecule has 1 aliphatic rings. The topological polar surface area (TPSA) is 49.3 Å². The SMILES string of the molecule is Cc1cccc(N2CCN(C(=O)c3cccnn3)CC2)c1. The number of amides is 1. The average molecular weight is 282 g/mol. The lowest BCUT2D eigenvalue weighted by atomic mass is 10.2. The maximum absolute atomic E-state index is 12.3. The molecule has 2 heterocycles. The standard InChI is InChI=1S/C16H18N4O/c1-13-4-2-5-14(12-13)19-8-10-20(11-9-19)16(21)15-6-3-7-17-18-15/h2-7,12H,8-11H2,1H3. The first kappa shape index (κ1) is 13.5. The Balaban J connectivity index is 1.64. The van der Waals surface area contributed by atoms with Gasteiger partial charge in [-0.15, -0.1) is 5.10 Å². The molecular weight excluding hydrogens is 264 g/mol. The number of rotatable bonds is 2. The third-order valence-electron chi connectivity index (χ3n) is 3.73. The van der Waals surface area contributed by atoms with E-state index in [0.29, 0.717) is 18.8 Å². The zero-order chi connectivity index (χ0) is 14.7. The van der Waals surface area contributed by atoms with Crippen LogP contribution in [0, 0.1) is 6.92 Å². The molecule has 0 aliphatic carbocycles. The Labute approximate surface area is 124 Å². The molecule has 1 saturated heterocycles. The van der Waals surface area contributed by atoms with Crippen molar-refractivity contribution in [1.82, 2.24) is 15.1 Å². The largest absolute Gasteiger partial charge is 0.368 e. The van der Waals surface area contributed by atoms with Crippen LogP contribution in [0.3, 0.4) is 0 Å². The molecule has 108 valence electrons. The van der Waals surface area contributed by atoms with E-state index >= 15 is 0 Å². The summed E-state index contributed by atoms with van der Waals surface area (Å²) in [5.74, 6) is -0.0352. The Hall–Kier alpha value is -2.43. The zero-order valence-electron chi connectivity index (χ0n) is 12.1. The fourth-order valence-corrected chi connectivity index (χ4v) is 2.57. The van der Waals surface area contributed by atoms with Crippen molar-refractivity contribution in [2.24, 2.45) is 0 Å². The number of anilines is 1. The van der Waals surface area contributed by atoms with Crippen LogP contribution in [0.2, 0.25) is 0 Å². The van der Waals surface area contributed by atoms with Gasteiger partial charge in [-0.05, 0) is 36.8 Å². The van der Waals surface area contributed by atoms with Crippen molar-refractivity contribution in [2.75, 3.05) is 31.1 Å². The first-order valence-corrected chi connectivity index (χ1v) is 7.12. The quantitative estimate of drug-likeness (QED) is 0.842. The Morgan fingerprint density at radius 3 is 2.57 bits per heavy atom. The van der Waals surface area contributed by atoms with Crippen LogP contribution in [0.25, 0.3) is 0 Å². The fourth-order valence-electron chi connectivity index (χ4n) is 2.57. The van der Waals surface area contributed by atoms with Crippen LogP contribution in [0.1, 0.15) is 16.1 Å². The Morgan fingerprint density at radius 2 is 1.90 bits per heavy atom. The number of piperazine rings is 1. The smallest absolute Gasteiger partial charge is 0.274 e. The minimum Gasteiger partial charge on any atom is -0.368 e. The number of benzene rings is 1. The minimum atomic E-state index is -0.0352. The van der Waals surface area contributed by atoms with Gasteiger partial charge >= 0.3 is 0 Å². The predicted octanol–water partition coefficient (Wildman–Crippen LogP) is 1.75. The van der Waals surface area contributed by atoms with Crippen LogP contribution in [0.4, 0.5) is 5.69 Å². The summed E-state index contributed by atoms with van der Waals surface area (Å²) < 4.78 is 0. The third-order valence-corrected chi connectivity index (χ3v) is 3.73. The van der Waals surface area contributed by atoms with E-state index in [1.54, 1.807) is 18.3 Å². The van der Waals surface area contributed by atoms with Gasteiger partial charge in [-0.25, -0.2) is 0 Å². The molecule has 1 aliphatic heterocycles. The molecule has 1 aromatic heterocycles. The van der Waals surface area contributed by atoms with Gasteiger partial charge < -0.3 is 9.80 Å². The second kappa shape index (κ2) is 5.91. The molecule has 21 heavy (non-hydrogen) atoms. The number of nitrogens with zero attached hydrogens (tertiary/aromatic N) is 4. The maximum atomic E-state index is 12.3. The van der Waals surface area contributed by atoms with E-state index < -0.39 is 0 Å². The molecule has 5 nitrogen and oxygen atoms in total. The summed E-state index contributed by atoms with van der Waals surface area (Å²) in [5.41, 5.74) is 2.90. The van der Waals surface area contributed by atoms with E-state index in [4.69, 9.17) is 0 Å². The summed E-state index contributed by atoms with van der Waals surface area (Å²) in [5, 5.41) is 7.65. The Kier molecular flexibility index (Phi) is 3.81. The van der Waals surface area contributed by atoms with Gasteiger partial charge in [0, 0.05) is 38.1 Å². The van der Waals surface area contributed by atoms with Crippen LogP contribution in [0.5, 0.6) is 0 Å². The van der Waals surface area contributed by atoms with E-state index in [-0.39, 0.29) is 5.91 Å². The van der Waals surface area contributed by atoms with E-state index in [1.165, 1.54) is 11.3 Å². The number of hydrogen-bond acceptors (Lipinski definition) is 4. The van der Waals surface area contributed by atoms with Crippen molar-refractivity contribution in [3.8, 4) is 0 Å². The van der Waals surface area contributed by atoms with Crippen LogP contribution < -0.4 is 4.90 Å². The molecule has 0 spiro atoms. The summed E-state index contributed by atoms with van der Waals surface area (Å²) in [4.78, 5) is 16.5. The molecule has 0 saturated carbocycles. The zero-order valence-corrected chi connectivity index (χ0v) is 12.1. The van der Waals surface area contributed by atoms with Gasteiger partial charge in [-0.2, -0.15) is 5.10 Å². The number of hydrogen-bond donors (Lipinski definition) is 0. The molecule has 1 amide bonds. The van der Waals surface area contributed by atoms with Crippen molar-refractivity contribution in [1.29, 1.82) is 0 Å². The lowest BCUT2D eigenvalue weighted by Crippen LogP contribution is -2.49. The van der Waals surface area contributed by atoms with E-state index in [2.05, 4.69) is 46.3 Å². The number of aromatic nitrogens is 2. The normalized spacial score (nSPS) is 15.1. The highest BCUT2D eigenvalue weighted by Gasteiger charge is 2.23. The predicted molar refractivity (Wildman–Crippen MR) is 81.3 cm³/mol. The molecular formula is C16H18N4O. The molecule has 0 unspecified atom stereocenters. The first-order chi connectivity index (χ1) is 10.2. The Morgan fingerprint density at radius 1 is 1.10 bits per heavy atom. The van der Waals surface area contributed by atoms with Gasteiger partial charge in [0.2, 0.25) is 0 Å². The molecule has 0 radical (unpaired) electrons. The molecule has 0 N–H and O–H groups in total. The fraction of sp³-hybridized carbons (Fsp3) is 0.312. The van der Waals surface area contributed by atoms with Gasteiger partial charge in [-0.3, -0.25) is 4.79 Å². The lowest BCUT2D eigenvalue weighted by Gasteiger charge is -2.36. The van der Waals surface area contributed by atoms with Crippen molar-refractivity contribution in [3.05, 3.63) is 53.9 Å². The van der Waals surface area contributed by atoms with Gasteiger partial charge in [0.15, 0.2) is 5.69 Å². The highest BCUT2D eigenvalue weighted by atomic mass is 16.2. The minimum absolute atomic E-state index is 0.0352. The number of carbonyl (C=O) groups is 1. The van der Waals surface area contributed by atoms with Gasteiger partial charge in [-0.1, -0.05) is 12.1 Å². The van der Waals surface area contributed by atoms with Gasteiger partial charge in [0.25, 0.3) is 5.91 Å². The highest BCUT2D eigenvalue weighted by molar-refractivity contribution is 5.92. The molecule has 3 rings (SSSR count). The maximum Gasteiger partial charge on any atom is 0.274 e. The molecule has 5 heteroatoms. The number of carbonyl (C=O) groups excluding carboxylic acids is 1. The molecule has 1 aromatic carbocycles. The van der Waals surface area contributed by atoms with E-state index in [9.17, 15) is 4.79 Å². The van der Waals surface area contributed by atoms with Crippen molar-refractivity contribution >= 4 is 11.6 Å². The molecule has 0 bridgehead atoms. The summed E-state index contributed by atoms with van der Waals surface area (Å²) in [6.07, 6.45) is 1.58. The molecule has 2 aromatic rings. The first-order valence-electron chi connectivity index (χ1n) is 7.12. The molecule has 0 atom stereocenters. The summed E-state index contributed by atoms with van der Waals surface area (Å²) >= 11 is 0. The van der Waals surface area contributed by atoms with Crippen LogP contribution in [0.15, 0.2) is 42.6 Å². The lowest BCUT2D eigenvalue weighted by molar-refractivity contribution is 0.0739. The Bertz CT molecular complexity index is 621. The summed E-state index contributed by atoms with van der Waals surface area (Å²) in [6, 6.07) is 11.9. The van der Waals surface area contributed by atoms with Crippen molar-refractivity contribution in [3.63, 3.8) is 0 Å². The molecule has 1 fully saturated rings. The average Bonchev–Trinajstić information content (AvgIpc) is 2.55. The summed E-state index contributed by atoms with van der Waals surface area (Å²) in [6.45, 7) is 5.20. The second-order valence-corrected chi connectivity index (χ2v) is 5.23.